The first-order valence-corrected chi connectivity index (χ1v) is 13.8. The van der Waals surface area contributed by atoms with Crippen molar-refractivity contribution in [1.82, 2.24) is 4.90 Å². The predicted octanol–water partition coefficient (Wildman–Crippen LogP) is 6.24. The summed E-state index contributed by atoms with van der Waals surface area (Å²) in [5.41, 5.74) is 3.42. The van der Waals surface area contributed by atoms with Crippen LogP contribution in [-0.2, 0) is 22.4 Å². The number of fused-ring (bicyclic) bond motifs is 1. The van der Waals surface area contributed by atoms with E-state index < -0.39 is 17.7 Å². The lowest BCUT2D eigenvalue weighted by Crippen LogP contribution is -2.31. The number of ether oxygens (including phenoxy) is 2. The van der Waals surface area contributed by atoms with Gasteiger partial charge in [0.15, 0.2) is 0 Å². The zero-order chi connectivity index (χ0) is 27.4. The molecule has 1 saturated heterocycles. The number of Topliss-reactive ketones (excluding diaryl/α,β-unsaturated/α-hetero) is 1. The maximum absolute atomic E-state index is 13.4. The van der Waals surface area contributed by atoms with Crippen molar-refractivity contribution in [2.24, 2.45) is 0 Å². The number of aliphatic hydroxyl groups excluding tert-OH is 1. The molecule has 5 rings (SSSR count). The molecule has 0 saturated carbocycles. The SMILES string of the molecule is CCCCCOc1ccc([C@@H]2C(=C(O)c3ccc4c(c3)C[C@H](C)O4)C(=O)C(=O)N2CCc2ccccc2)cc1. The summed E-state index contributed by atoms with van der Waals surface area (Å²) < 4.78 is 11.7. The second kappa shape index (κ2) is 11.8. The molecule has 39 heavy (non-hydrogen) atoms. The molecule has 1 amide bonds. The highest BCUT2D eigenvalue weighted by Gasteiger charge is 2.46. The van der Waals surface area contributed by atoms with Gasteiger partial charge < -0.3 is 19.5 Å². The molecule has 3 aromatic rings. The van der Waals surface area contributed by atoms with Crippen molar-refractivity contribution in [3.63, 3.8) is 0 Å². The zero-order valence-electron chi connectivity index (χ0n) is 22.6. The van der Waals surface area contributed by atoms with Crippen molar-refractivity contribution in [2.75, 3.05) is 13.2 Å². The van der Waals surface area contributed by atoms with Gasteiger partial charge in [-0.25, -0.2) is 0 Å². The van der Waals surface area contributed by atoms with Gasteiger partial charge in [-0.1, -0.05) is 62.2 Å². The van der Waals surface area contributed by atoms with Gasteiger partial charge in [0.25, 0.3) is 11.7 Å². The summed E-state index contributed by atoms with van der Waals surface area (Å²) in [7, 11) is 0. The van der Waals surface area contributed by atoms with Crippen LogP contribution in [0.25, 0.3) is 5.76 Å². The standard InChI is InChI=1S/C33H35NO5/c1-3-4-8-19-38-27-14-11-24(12-15-27)30-29(31(35)25-13-16-28-26(21-25)20-22(2)39-28)32(36)33(37)34(30)18-17-23-9-6-5-7-10-23/h5-7,9-16,21-22,30,35H,3-4,8,17-20H2,1-2H3/t22-,30+/m0/s1. The number of carbonyl (C=O) groups excluding carboxylic acids is 2. The van der Waals surface area contributed by atoms with Gasteiger partial charge in [0.05, 0.1) is 18.2 Å². The molecule has 202 valence electrons. The average molecular weight is 526 g/mol. The molecule has 3 aromatic carbocycles. The topological polar surface area (TPSA) is 76.1 Å². The van der Waals surface area contributed by atoms with Gasteiger partial charge in [0.2, 0.25) is 0 Å². The molecule has 1 fully saturated rings. The normalized spacial score (nSPS) is 19.7. The van der Waals surface area contributed by atoms with Crippen molar-refractivity contribution >= 4 is 17.4 Å². The second-order valence-corrected chi connectivity index (χ2v) is 10.3. The molecule has 0 bridgehead atoms. The molecule has 2 heterocycles. The minimum Gasteiger partial charge on any atom is -0.507 e. The predicted molar refractivity (Wildman–Crippen MR) is 151 cm³/mol. The molecule has 0 spiro atoms. The number of carbonyl (C=O) groups is 2. The number of ketones is 1. The molecule has 1 N–H and O–H groups in total. The Morgan fingerprint density at radius 3 is 2.54 bits per heavy atom. The summed E-state index contributed by atoms with van der Waals surface area (Å²) >= 11 is 0. The Bertz CT molecular complexity index is 1360. The zero-order valence-corrected chi connectivity index (χ0v) is 22.6. The molecule has 2 aliphatic heterocycles. The molecule has 0 unspecified atom stereocenters. The number of nitrogens with zero attached hydrogens (tertiary/aromatic N) is 1. The van der Waals surface area contributed by atoms with E-state index in [0.717, 1.165) is 53.9 Å². The van der Waals surface area contributed by atoms with E-state index in [4.69, 9.17) is 9.47 Å². The number of hydrogen-bond donors (Lipinski definition) is 1. The Morgan fingerprint density at radius 2 is 1.79 bits per heavy atom. The lowest BCUT2D eigenvalue weighted by molar-refractivity contribution is -0.139. The summed E-state index contributed by atoms with van der Waals surface area (Å²) in [4.78, 5) is 28.3. The molecule has 0 radical (unpaired) electrons. The molecular formula is C33H35NO5. The third-order valence-corrected chi connectivity index (χ3v) is 7.41. The van der Waals surface area contributed by atoms with Crippen LogP contribution >= 0.6 is 0 Å². The fourth-order valence-corrected chi connectivity index (χ4v) is 5.36. The van der Waals surface area contributed by atoms with Crippen LogP contribution in [0.1, 0.15) is 61.4 Å². The van der Waals surface area contributed by atoms with Crippen LogP contribution in [0, 0.1) is 0 Å². The summed E-state index contributed by atoms with van der Waals surface area (Å²) in [6, 6.07) is 22.1. The fourth-order valence-electron chi connectivity index (χ4n) is 5.36. The second-order valence-electron chi connectivity index (χ2n) is 10.3. The highest BCUT2D eigenvalue weighted by Crippen LogP contribution is 2.41. The Kier molecular flexibility index (Phi) is 8.01. The minimum absolute atomic E-state index is 0.0590. The first kappa shape index (κ1) is 26.5. The smallest absolute Gasteiger partial charge is 0.295 e. The first-order valence-electron chi connectivity index (χ1n) is 13.8. The van der Waals surface area contributed by atoms with E-state index >= 15 is 0 Å². The largest absolute Gasteiger partial charge is 0.507 e. The van der Waals surface area contributed by atoms with Gasteiger partial charge in [0.1, 0.15) is 23.4 Å². The van der Waals surface area contributed by atoms with Crippen LogP contribution < -0.4 is 9.47 Å². The Morgan fingerprint density at radius 1 is 1.03 bits per heavy atom. The van der Waals surface area contributed by atoms with Crippen LogP contribution in [0.5, 0.6) is 11.5 Å². The summed E-state index contributed by atoms with van der Waals surface area (Å²) in [6.07, 6.45) is 4.61. The van der Waals surface area contributed by atoms with Gasteiger partial charge >= 0.3 is 0 Å². The quantitative estimate of drug-likeness (QED) is 0.147. The molecule has 6 nitrogen and oxygen atoms in total. The van der Waals surface area contributed by atoms with E-state index in [1.807, 2.05) is 73.7 Å². The van der Waals surface area contributed by atoms with Gasteiger partial charge in [-0.15, -0.1) is 0 Å². The molecule has 2 aliphatic rings. The number of unbranched alkanes of at least 4 members (excludes halogenated alkanes) is 2. The van der Waals surface area contributed by atoms with Gasteiger partial charge in [-0.05, 0) is 66.8 Å². The first-order chi connectivity index (χ1) is 19.0. The highest BCUT2D eigenvalue weighted by molar-refractivity contribution is 6.46. The summed E-state index contributed by atoms with van der Waals surface area (Å²) in [5.74, 6) is 0.0890. The Hall–Kier alpha value is -4.06. The monoisotopic (exact) mass is 525 g/mol. The number of rotatable bonds is 10. The number of aliphatic hydroxyl groups is 1. The molecule has 2 atom stereocenters. The third-order valence-electron chi connectivity index (χ3n) is 7.41. The van der Waals surface area contributed by atoms with E-state index in [0.29, 0.717) is 25.1 Å². The highest BCUT2D eigenvalue weighted by atomic mass is 16.5. The molecule has 0 aliphatic carbocycles. The van der Waals surface area contributed by atoms with E-state index in [9.17, 15) is 14.7 Å². The van der Waals surface area contributed by atoms with Crippen molar-refractivity contribution in [3.8, 4) is 11.5 Å². The number of hydrogen-bond acceptors (Lipinski definition) is 5. The Balaban J connectivity index is 1.49. The van der Waals surface area contributed by atoms with E-state index in [2.05, 4.69) is 6.92 Å². The van der Waals surface area contributed by atoms with E-state index in [-0.39, 0.29) is 17.4 Å². The number of benzene rings is 3. The van der Waals surface area contributed by atoms with E-state index in [1.54, 1.807) is 11.0 Å². The van der Waals surface area contributed by atoms with Crippen molar-refractivity contribution in [1.29, 1.82) is 0 Å². The van der Waals surface area contributed by atoms with Crippen LogP contribution in [0.15, 0.2) is 78.4 Å². The van der Waals surface area contributed by atoms with Crippen molar-refractivity contribution in [3.05, 3.63) is 101 Å². The number of amides is 1. The third kappa shape index (κ3) is 5.70. The molecule has 6 heteroatoms. The van der Waals surface area contributed by atoms with Crippen LogP contribution in [0.4, 0.5) is 0 Å². The van der Waals surface area contributed by atoms with Gasteiger partial charge in [-0.2, -0.15) is 0 Å². The maximum atomic E-state index is 13.4. The summed E-state index contributed by atoms with van der Waals surface area (Å²) in [6.45, 7) is 5.14. The van der Waals surface area contributed by atoms with Crippen LogP contribution in [-0.4, -0.2) is 41.0 Å². The van der Waals surface area contributed by atoms with Crippen LogP contribution in [0.3, 0.4) is 0 Å². The van der Waals surface area contributed by atoms with Gasteiger partial charge in [-0.3, -0.25) is 9.59 Å². The van der Waals surface area contributed by atoms with Crippen molar-refractivity contribution < 1.29 is 24.2 Å². The van der Waals surface area contributed by atoms with E-state index in [1.165, 1.54) is 0 Å². The maximum Gasteiger partial charge on any atom is 0.295 e. The number of likely N-dealkylation sites (tertiary alicyclic amines) is 1. The summed E-state index contributed by atoms with van der Waals surface area (Å²) in [5, 5.41) is 11.5. The Labute approximate surface area is 229 Å². The molecule has 0 aromatic heterocycles. The lowest BCUT2D eigenvalue weighted by Gasteiger charge is -2.25. The fraction of sp³-hybridized carbons (Fsp3) is 0.333. The van der Waals surface area contributed by atoms with Crippen molar-refractivity contribution in [2.45, 2.75) is 58.1 Å². The van der Waals surface area contributed by atoms with Crippen LogP contribution in [0.2, 0.25) is 0 Å². The minimum atomic E-state index is -0.703. The lowest BCUT2D eigenvalue weighted by atomic mass is 9.94. The average Bonchev–Trinajstić information content (AvgIpc) is 3.45. The molecular weight excluding hydrogens is 490 g/mol. The van der Waals surface area contributed by atoms with Gasteiger partial charge in [0, 0.05) is 18.5 Å².